The summed E-state index contributed by atoms with van der Waals surface area (Å²) < 4.78 is 1.87. The molecule has 0 saturated heterocycles. The van der Waals surface area contributed by atoms with Crippen LogP contribution in [0.5, 0.6) is 0 Å². The maximum absolute atomic E-state index is 4.28. The van der Waals surface area contributed by atoms with E-state index >= 15 is 0 Å². The first-order valence-electron chi connectivity index (χ1n) is 4.44. The van der Waals surface area contributed by atoms with Crippen molar-refractivity contribution in [1.29, 1.82) is 0 Å². The number of nitrogens with zero attached hydrogens (tertiary/aromatic N) is 2. The van der Waals surface area contributed by atoms with E-state index < -0.39 is 0 Å². The molecule has 0 aliphatic carbocycles. The highest BCUT2D eigenvalue weighted by Crippen LogP contribution is 2.04. The summed E-state index contributed by atoms with van der Waals surface area (Å²) in [6, 6.07) is 0. The lowest BCUT2D eigenvalue weighted by atomic mass is 10.2. The number of aryl methyl sites for hydroxylation is 2. The molecule has 1 heterocycles. The summed E-state index contributed by atoms with van der Waals surface area (Å²) in [4.78, 5) is 0. The summed E-state index contributed by atoms with van der Waals surface area (Å²) in [5.74, 6) is 0. The van der Waals surface area contributed by atoms with Crippen molar-refractivity contribution in [3.05, 3.63) is 17.5 Å². The van der Waals surface area contributed by atoms with E-state index in [-0.39, 0.29) is 0 Å². The molecule has 0 radical (unpaired) electrons. The quantitative estimate of drug-likeness (QED) is 0.675. The highest BCUT2D eigenvalue weighted by molar-refractivity contribution is 5.15. The minimum Gasteiger partial charge on any atom is -0.317 e. The standard InChI is InChI=1S/C9H17N3/c1-4-10-6-5-9-7-12(3)11-8(9)2/h7,10H,4-6H2,1-3H3. The molecule has 0 aromatic carbocycles. The molecule has 3 nitrogen and oxygen atoms in total. The predicted octanol–water partition coefficient (Wildman–Crippen LogP) is 0.881. The number of rotatable bonds is 4. The molecule has 1 rings (SSSR count). The van der Waals surface area contributed by atoms with Gasteiger partial charge in [-0.3, -0.25) is 4.68 Å². The molecule has 0 fully saturated rings. The highest BCUT2D eigenvalue weighted by atomic mass is 15.2. The van der Waals surface area contributed by atoms with E-state index in [9.17, 15) is 0 Å². The number of hydrogen-bond acceptors (Lipinski definition) is 2. The summed E-state index contributed by atoms with van der Waals surface area (Å²) in [7, 11) is 1.96. The minimum absolute atomic E-state index is 1.04. The molecular weight excluding hydrogens is 150 g/mol. The molecular formula is C9H17N3. The summed E-state index contributed by atoms with van der Waals surface area (Å²) in [5.41, 5.74) is 2.49. The van der Waals surface area contributed by atoms with Crippen molar-refractivity contribution in [1.82, 2.24) is 15.1 Å². The van der Waals surface area contributed by atoms with E-state index in [4.69, 9.17) is 0 Å². The topological polar surface area (TPSA) is 29.9 Å². The summed E-state index contributed by atoms with van der Waals surface area (Å²) in [5, 5.41) is 7.57. The van der Waals surface area contributed by atoms with Crippen molar-refractivity contribution in [2.75, 3.05) is 13.1 Å². The third kappa shape index (κ3) is 2.34. The Balaban J connectivity index is 2.45. The number of nitrogens with one attached hydrogen (secondary N) is 1. The Labute approximate surface area is 73.8 Å². The van der Waals surface area contributed by atoms with E-state index in [1.54, 1.807) is 0 Å². The van der Waals surface area contributed by atoms with Crippen molar-refractivity contribution in [2.24, 2.45) is 7.05 Å². The molecule has 12 heavy (non-hydrogen) atoms. The molecule has 0 spiro atoms. The largest absolute Gasteiger partial charge is 0.317 e. The van der Waals surface area contributed by atoms with Gasteiger partial charge in [0.25, 0.3) is 0 Å². The van der Waals surface area contributed by atoms with Crippen LogP contribution in [0.2, 0.25) is 0 Å². The zero-order chi connectivity index (χ0) is 8.97. The van der Waals surface area contributed by atoms with Crippen LogP contribution in [0, 0.1) is 6.92 Å². The Hall–Kier alpha value is -0.830. The molecule has 1 N–H and O–H groups in total. The van der Waals surface area contributed by atoms with Crippen LogP contribution in [0.3, 0.4) is 0 Å². The maximum Gasteiger partial charge on any atom is 0.0626 e. The average Bonchev–Trinajstić information content (AvgIpc) is 2.31. The Morgan fingerprint density at radius 2 is 2.33 bits per heavy atom. The lowest BCUT2D eigenvalue weighted by Crippen LogP contribution is -2.16. The SMILES string of the molecule is CCNCCc1cn(C)nc1C. The Kier molecular flexibility index (Phi) is 3.29. The maximum atomic E-state index is 4.28. The molecule has 0 amide bonds. The van der Waals surface area contributed by atoms with Gasteiger partial charge in [-0.05, 0) is 32.0 Å². The number of likely N-dealkylation sites (N-methyl/N-ethyl adjacent to an activating group) is 1. The van der Waals surface area contributed by atoms with Crippen LogP contribution in [-0.4, -0.2) is 22.9 Å². The number of aromatic nitrogens is 2. The molecule has 1 aromatic heterocycles. The zero-order valence-corrected chi connectivity index (χ0v) is 8.09. The second kappa shape index (κ2) is 4.26. The van der Waals surface area contributed by atoms with E-state index in [0.29, 0.717) is 0 Å². The molecule has 1 aromatic rings. The summed E-state index contributed by atoms with van der Waals surface area (Å²) in [6.07, 6.45) is 3.17. The van der Waals surface area contributed by atoms with Crippen molar-refractivity contribution in [2.45, 2.75) is 20.3 Å². The first-order valence-corrected chi connectivity index (χ1v) is 4.44. The van der Waals surface area contributed by atoms with Crippen molar-refractivity contribution >= 4 is 0 Å². The van der Waals surface area contributed by atoms with Crippen LogP contribution in [0.15, 0.2) is 6.20 Å². The molecule has 0 atom stereocenters. The van der Waals surface area contributed by atoms with Gasteiger partial charge in [-0.1, -0.05) is 6.92 Å². The van der Waals surface area contributed by atoms with Gasteiger partial charge in [0.2, 0.25) is 0 Å². The lowest BCUT2D eigenvalue weighted by molar-refractivity contribution is 0.714. The van der Waals surface area contributed by atoms with Gasteiger partial charge in [0, 0.05) is 13.2 Å². The van der Waals surface area contributed by atoms with Gasteiger partial charge < -0.3 is 5.32 Å². The first-order chi connectivity index (χ1) is 5.74. The summed E-state index contributed by atoms with van der Waals surface area (Å²) in [6.45, 7) is 6.26. The molecule has 0 saturated carbocycles. The van der Waals surface area contributed by atoms with Gasteiger partial charge >= 0.3 is 0 Å². The predicted molar refractivity (Wildman–Crippen MR) is 50.2 cm³/mol. The summed E-state index contributed by atoms with van der Waals surface area (Å²) >= 11 is 0. The van der Waals surface area contributed by atoms with Gasteiger partial charge in [0.1, 0.15) is 0 Å². The van der Waals surface area contributed by atoms with E-state index in [1.165, 1.54) is 5.56 Å². The van der Waals surface area contributed by atoms with Gasteiger partial charge in [0.05, 0.1) is 5.69 Å². The van der Waals surface area contributed by atoms with Gasteiger partial charge in [0.15, 0.2) is 0 Å². The normalized spacial score (nSPS) is 10.6. The fraction of sp³-hybridized carbons (Fsp3) is 0.667. The van der Waals surface area contributed by atoms with Crippen LogP contribution >= 0.6 is 0 Å². The molecule has 0 unspecified atom stereocenters. The van der Waals surface area contributed by atoms with Crippen molar-refractivity contribution < 1.29 is 0 Å². The van der Waals surface area contributed by atoms with E-state index in [1.807, 2.05) is 11.7 Å². The second-order valence-electron chi connectivity index (χ2n) is 3.02. The van der Waals surface area contributed by atoms with Crippen LogP contribution in [-0.2, 0) is 13.5 Å². The van der Waals surface area contributed by atoms with Crippen molar-refractivity contribution in [3.63, 3.8) is 0 Å². The zero-order valence-electron chi connectivity index (χ0n) is 8.09. The molecule has 3 heteroatoms. The Morgan fingerprint density at radius 3 is 2.83 bits per heavy atom. The fourth-order valence-corrected chi connectivity index (χ4v) is 1.29. The third-order valence-electron chi connectivity index (χ3n) is 1.94. The van der Waals surface area contributed by atoms with Crippen LogP contribution in [0.25, 0.3) is 0 Å². The lowest BCUT2D eigenvalue weighted by Gasteiger charge is -1.98. The second-order valence-corrected chi connectivity index (χ2v) is 3.02. The van der Waals surface area contributed by atoms with Crippen LogP contribution < -0.4 is 5.32 Å². The van der Waals surface area contributed by atoms with E-state index in [0.717, 1.165) is 25.2 Å². The Morgan fingerprint density at radius 1 is 1.58 bits per heavy atom. The Bertz CT molecular complexity index is 240. The smallest absolute Gasteiger partial charge is 0.0626 e. The molecule has 0 bridgehead atoms. The average molecular weight is 167 g/mol. The fourth-order valence-electron chi connectivity index (χ4n) is 1.29. The molecule has 68 valence electrons. The number of hydrogen-bond donors (Lipinski definition) is 1. The minimum atomic E-state index is 1.04. The highest BCUT2D eigenvalue weighted by Gasteiger charge is 2.00. The monoisotopic (exact) mass is 167 g/mol. The third-order valence-corrected chi connectivity index (χ3v) is 1.94. The molecule has 0 aliphatic rings. The van der Waals surface area contributed by atoms with Gasteiger partial charge in [-0.2, -0.15) is 5.10 Å². The molecule has 0 aliphatic heterocycles. The first kappa shape index (κ1) is 9.26. The van der Waals surface area contributed by atoms with Gasteiger partial charge in [-0.15, -0.1) is 0 Å². The van der Waals surface area contributed by atoms with Crippen LogP contribution in [0.4, 0.5) is 0 Å². The van der Waals surface area contributed by atoms with Crippen molar-refractivity contribution in [3.8, 4) is 0 Å². The van der Waals surface area contributed by atoms with Crippen LogP contribution in [0.1, 0.15) is 18.2 Å². The van der Waals surface area contributed by atoms with E-state index in [2.05, 4.69) is 30.5 Å². The van der Waals surface area contributed by atoms with Gasteiger partial charge in [-0.25, -0.2) is 0 Å².